The number of hydrogen-bond donors (Lipinski definition) is 0. The van der Waals surface area contributed by atoms with E-state index in [1.54, 1.807) is 0 Å². The molecule has 0 saturated heterocycles. The quantitative estimate of drug-likeness (QED) is 0.193. The zero-order valence-electron chi connectivity index (χ0n) is 24.8. The van der Waals surface area contributed by atoms with Crippen LogP contribution in [0.5, 0.6) is 0 Å². The van der Waals surface area contributed by atoms with E-state index in [0.717, 1.165) is 44.2 Å². The maximum absolute atomic E-state index is 6.55. The van der Waals surface area contributed by atoms with Crippen molar-refractivity contribution < 1.29 is 8.83 Å². The first-order chi connectivity index (χ1) is 22.8. The molecule has 0 spiro atoms. The second-order valence-electron chi connectivity index (χ2n) is 12.0. The van der Waals surface area contributed by atoms with E-state index in [4.69, 9.17) is 8.83 Å². The average molecular weight is 587 g/mol. The van der Waals surface area contributed by atoms with Gasteiger partial charge in [-0.1, -0.05) is 127 Å². The Kier molecular flexibility index (Phi) is 5.31. The molecule has 2 nitrogen and oxygen atoms in total. The van der Waals surface area contributed by atoms with Gasteiger partial charge in [0.05, 0.1) is 0 Å². The predicted octanol–water partition coefficient (Wildman–Crippen LogP) is 12.8. The lowest BCUT2D eigenvalue weighted by Crippen LogP contribution is -1.91. The molecular formula is C44H26O2. The summed E-state index contributed by atoms with van der Waals surface area (Å²) in [6.45, 7) is 0. The van der Waals surface area contributed by atoms with Crippen LogP contribution in [-0.2, 0) is 0 Å². The summed E-state index contributed by atoms with van der Waals surface area (Å²) in [4.78, 5) is 0. The van der Waals surface area contributed by atoms with Crippen LogP contribution < -0.4 is 0 Å². The lowest BCUT2D eigenvalue weighted by atomic mass is 9.85. The minimum absolute atomic E-state index is 0.819. The Morgan fingerprint density at radius 3 is 1.76 bits per heavy atom. The van der Waals surface area contributed by atoms with Crippen LogP contribution in [0.3, 0.4) is 0 Å². The Morgan fingerprint density at radius 1 is 0.326 bits per heavy atom. The van der Waals surface area contributed by atoms with Gasteiger partial charge in [0.15, 0.2) is 0 Å². The molecule has 0 fully saturated rings. The summed E-state index contributed by atoms with van der Waals surface area (Å²) in [7, 11) is 0. The number of rotatable bonds is 3. The minimum Gasteiger partial charge on any atom is -0.456 e. The second kappa shape index (κ2) is 9.69. The van der Waals surface area contributed by atoms with E-state index in [9.17, 15) is 0 Å². The van der Waals surface area contributed by atoms with Crippen LogP contribution in [0.2, 0.25) is 0 Å². The van der Waals surface area contributed by atoms with Crippen molar-refractivity contribution in [2.24, 2.45) is 0 Å². The first-order valence-corrected chi connectivity index (χ1v) is 15.7. The number of benzene rings is 8. The second-order valence-corrected chi connectivity index (χ2v) is 12.0. The summed E-state index contributed by atoms with van der Waals surface area (Å²) in [5.41, 5.74) is 8.45. The topological polar surface area (TPSA) is 26.3 Å². The molecule has 10 rings (SSSR count). The van der Waals surface area contributed by atoms with Gasteiger partial charge in [-0.3, -0.25) is 0 Å². The standard InChI is InChI=1S/C44H26O2/c1-2-12-28(13-3-1)42-32-15-6-8-17-34(32)43(35-18-9-7-16-33(35)42)36-19-10-20-38-44(36)37-24-31-25-39(46-40(31)26-41(37)45-38)30-22-21-27-11-4-5-14-29(27)23-30/h1-26H. The van der Waals surface area contributed by atoms with E-state index in [2.05, 4.69) is 152 Å². The molecule has 8 aromatic carbocycles. The van der Waals surface area contributed by atoms with Gasteiger partial charge in [0.25, 0.3) is 0 Å². The van der Waals surface area contributed by atoms with Gasteiger partial charge in [-0.25, -0.2) is 0 Å². The van der Waals surface area contributed by atoms with E-state index in [-0.39, 0.29) is 0 Å². The van der Waals surface area contributed by atoms with Crippen LogP contribution in [0.15, 0.2) is 167 Å². The molecule has 0 amide bonds. The molecular weight excluding hydrogens is 560 g/mol. The first kappa shape index (κ1) is 25.2. The molecule has 46 heavy (non-hydrogen) atoms. The third kappa shape index (κ3) is 3.71. The molecule has 0 atom stereocenters. The van der Waals surface area contributed by atoms with Crippen molar-refractivity contribution in [3.05, 3.63) is 158 Å². The van der Waals surface area contributed by atoms with Crippen LogP contribution in [0.1, 0.15) is 0 Å². The minimum atomic E-state index is 0.819. The molecule has 214 valence electrons. The Morgan fingerprint density at radius 2 is 1.00 bits per heavy atom. The van der Waals surface area contributed by atoms with Crippen molar-refractivity contribution in [3.8, 4) is 33.6 Å². The molecule has 10 aromatic rings. The van der Waals surface area contributed by atoms with Crippen molar-refractivity contribution in [2.75, 3.05) is 0 Å². The molecule has 0 bridgehead atoms. The summed E-state index contributed by atoms with van der Waals surface area (Å²) >= 11 is 0. The fourth-order valence-corrected chi connectivity index (χ4v) is 7.39. The summed E-state index contributed by atoms with van der Waals surface area (Å²) in [6, 6.07) is 56.1. The molecule has 0 aliphatic carbocycles. The number of furan rings is 2. The monoisotopic (exact) mass is 586 g/mol. The van der Waals surface area contributed by atoms with Gasteiger partial charge in [-0.2, -0.15) is 0 Å². The molecule has 0 N–H and O–H groups in total. The predicted molar refractivity (Wildman–Crippen MR) is 192 cm³/mol. The largest absolute Gasteiger partial charge is 0.456 e. The van der Waals surface area contributed by atoms with Crippen LogP contribution in [0.4, 0.5) is 0 Å². The van der Waals surface area contributed by atoms with Gasteiger partial charge < -0.3 is 8.83 Å². The summed E-state index contributed by atoms with van der Waals surface area (Å²) in [6.07, 6.45) is 0. The van der Waals surface area contributed by atoms with Crippen LogP contribution in [-0.4, -0.2) is 0 Å². The van der Waals surface area contributed by atoms with Gasteiger partial charge in [0.2, 0.25) is 0 Å². The van der Waals surface area contributed by atoms with Crippen molar-refractivity contribution in [2.45, 2.75) is 0 Å². The van der Waals surface area contributed by atoms with Crippen LogP contribution >= 0.6 is 0 Å². The van der Waals surface area contributed by atoms with Crippen molar-refractivity contribution in [1.82, 2.24) is 0 Å². The van der Waals surface area contributed by atoms with E-state index >= 15 is 0 Å². The van der Waals surface area contributed by atoms with Crippen molar-refractivity contribution in [1.29, 1.82) is 0 Å². The van der Waals surface area contributed by atoms with E-state index in [1.165, 1.54) is 54.6 Å². The van der Waals surface area contributed by atoms with Gasteiger partial charge in [0, 0.05) is 27.8 Å². The summed E-state index contributed by atoms with van der Waals surface area (Å²) in [5, 5.41) is 10.6. The summed E-state index contributed by atoms with van der Waals surface area (Å²) in [5.74, 6) is 0.853. The fraction of sp³-hybridized carbons (Fsp3) is 0. The molecule has 0 aliphatic heterocycles. The third-order valence-corrected chi connectivity index (χ3v) is 9.43. The molecule has 0 aliphatic rings. The van der Waals surface area contributed by atoms with Gasteiger partial charge >= 0.3 is 0 Å². The smallest absolute Gasteiger partial charge is 0.139 e. The average Bonchev–Trinajstić information content (AvgIpc) is 3.70. The highest BCUT2D eigenvalue weighted by molar-refractivity contribution is 6.26. The lowest BCUT2D eigenvalue weighted by Gasteiger charge is -2.18. The van der Waals surface area contributed by atoms with Crippen LogP contribution in [0, 0.1) is 0 Å². The zero-order chi connectivity index (χ0) is 30.2. The highest BCUT2D eigenvalue weighted by Gasteiger charge is 2.21. The van der Waals surface area contributed by atoms with Crippen LogP contribution in [0.25, 0.3) is 98.8 Å². The van der Waals surface area contributed by atoms with Gasteiger partial charge in [-0.15, -0.1) is 0 Å². The molecule has 0 unspecified atom stereocenters. The first-order valence-electron chi connectivity index (χ1n) is 15.7. The van der Waals surface area contributed by atoms with Gasteiger partial charge in [-0.05, 0) is 78.8 Å². The molecule has 2 aromatic heterocycles. The number of hydrogen-bond acceptors (Lipinski definition) is 2. The Labute approximate surface area is 264 Å². The highest BCUT2D eigenvalue weighted by Crippen LogP contribution is 2.47. The maximum atomic E-state index is 6.55. The van der Waals surface area contributed by atoms with Crippen molar-refractivity contribution >= 4 is 65.2 Å². The SMILES string of the molecule is c1ccc(-c2c3ccccc3c(-c3cccc4oc5cc6oc(-c7ccc8ccccc8c7)cc6cc5c34)c3ccccc23)cc1. The normalized spacial score (nSPS) is 11.9. The highest BCUT2D eigenvalue weighted by atomic mass is 16.3. The molecule has 2 heteroatoms. The Bertz CT molecular complexity index is 2740. The Balaban J connectivity index is 1.24. The van der Waals surface area contributed by atoms with E-state index in [1.807, 2.05) is 6.07 Å². The van der Waals surface area contributed by atoms with E-state index in [0.29, 0.717) is 0 Å². The van der Waals surface area contributed by atoms with E-state index < -0.39 is 0 Å². The maximum Gasteiger partial charge on any atom is 0.139 e. The molecule has 0 saturated carbocycles. The Hall–Kier alpha value is -6.12. The van der Waals surface area contributed by atoms with Crippen molar-refractivity contribution in [3.63, 3.8) is 0 Å². The molecule has 0 radical (unpaired) electrons. The summed E-state index contributed by atoms with van der Waals surface area (Å²) < 4.78 is 13.0. The lowest BCUT2D eigenvalue weighted by molar-refractivity contribution is 0.628. The van der Waals surface area contributed by atoms with Gasteiger partial charge in [0.1, 0.15) is 22.5 Å². The zero-order valence-corrected chi connectivity index (χ0v) is 24.8. The molecule has 2 heterocycles. The fourth-order valence-electron chi connectivity index (χ4n) is 7.39. The number of fused-ring (bicyclic) bond motifs is 7. The third-order valence-electron chi connectivity index (χ3n) is 9.43.